The highest BCUT2D eigenvalue weighted by molar-refractivity contribution is 7.92. The van der Waals surface area contributed by atoms with Gasteiger partial charge in [-0.1, -0.05) is 23.2 Å². The van der Waals surface area contributed by atoms with Crippen LogP contribution in [0.2, 0.25) is 10.0 Å². The fourth-order valence-electron chi connectivity index (χ4n) is 1.47. The topological polar surface area (TPSA) is 71.1 Å². The first-order valence-electron chi connectivity index (χ1n) is 5.49. The monoisotopic (exact) mass is 331 g/mol. The number of halogens is 2. The molecule has 0 radical (unpaired) electrons. The van der Waals surface area contributed by atoms with E-state index in [0.717, 1.165) is 6.26 Å². The number of benzene rings is 1. The smallest absolute Gasteiger partial charge is 0.229 e. The van der Waals surface area contributed by atoms with E-state index in [1.807, 2.05) is 0 Å². The van der Waals surface area contributed by atoms with Gasteiger partial charge in [-0.05, 0) is 30.3 Å². The molecule has 2 aromatic rings. The maximum absolute atomic E-state index is 11.1. The predicted octanol–water partition coefficient (Wildman–Crippen LogP) is 3.50. The zero-order valence-electron chi connectivity index (χ0n) is 10.4. The Labute approximate surface area is 127 Å². The van der Waals surface area contributed by atoms with Crippen molar-refractivity contribution in [2.75, 3.05) is 16.3 Å². The van der Waals surface area contributed by atoms with Crippen LogP contribution in [0.4, 0.5) is 17.2 Å². The van der Waals surface area contributed by atoms with E-state index in [-0.39, 0.29) is 0 Å². The second kappa shape index (κ2) is 5.87. The standard InChI is InChI=1S/C12H11Cl2N3O2S/c1-20(18,19)17-9-3-5-12(15-7-9)16-11-6-8(13)2-4-10(11)14/h2-7,17H,1H3,(H,15,16). The Kier molecular flexibility index (Phi) is 4.37. The third-order valence-corrected chi connectivity index (χ3v) is 3.43. The summed E-state index contributed by atoms with van der Waals surface area (Å²) in [4.78, 5) is 4.09. The third kappa shape index (κ3) is 4.26. The number of nitrogens with one attached hydrogen (secondary N) is 2. The van der Waals surface area contributed by atoms with Crippen LogP contribution in [0.1, 0.15) is 0 Å². The molecule has 0 bridgehead atoms. The van der Waals surface area contributed by atoms with Gasteiger partial charge in [0, 0.05) is 5.02 Å². The van der Waals surface area contributed by atoms with Crippen molar-refractivity contribution in [3.8, 4) is 0 Å². The summed E-state index contributed by atoms with van der Waals surface area (Å²) in [6.07, 6.45) is 2.48. The molecule has 20 heavy (non-hydrogen) atoms. The van der Waals surface area contributed by atoms with Crippen LogP contribution in [0.3, 0.4) is 0 Å². The molecule has 2 rings (SSSR count). The van der Waals surface area contributed by atoms with E-state index in [1.54, 1.807) is 30.3 Å². The van der Waals surface area contributed by atoms with Gasteiger partial charge < -0.3 is 5.32 Å². The van der Waals surface area contributed by atoms with E-state index >= 15 is 0 Å². The van der Waals surface area contributed by atoms with E-state index in [0.29, 0.717) is 27.2 Å². The minimum atomic E-state index is -3.31. The fraction of sp³-hybridized carbons (Fsp3) is 0.0833. The molecule has 0 saturated carbocycles. The van der Waals surface area contributed by atoms with Gasteiger partial charge in [0.2, 0.25) is 10.0 Å². The fourth-order valence-corrected chi connectivity index (χ4v) is 2.36. The summed E-state index contributed by atoms with van der Waals surface area (Å²) >= 11 is 11.9. The third-order valence-electron chi connectivity index (χ3n) is 2.26. The molecule has 8 heteroatoms. The largest absolute Gasteiger partial charge is 0.339 e. The van der Waals surface area contributed by atoms with Gasteiger partial charge in [-0.2, -0.15) is 0 Å². The van der Waals surface area contributed by atoms with Crippen LogP contribution in [0.5, 0.6) is 0 Å². The number of hydrogen-bond acceptors (Lipinski definition) is 4. The number of pyridine rings is 1. The summed E-state index contributed by atoms with van der Waals surface area (Å²) in [5.41, 5.74) is 1.01. The van der Waals surface area contributed by atoms with Gasteiger partial charge in [-0.15, -0.1) is 0 Å². The number of hydrogen-bond donors (Lipinski definition) is 2. The summed E-state index contributed by atoms with van der Waals surface area (Å²) in [5, 5.41) is 4.06. The van der Waals surface area contributed by atoms with Crippen LogP contribution in [0.15, 0.2) is 36.5 Å². The van der Waals surface area contributed by atoms with Gasteiger partial charge in [0.1, 0.15) is 5.82 Å². The molecule has 0 aliphatic rings. The first-order chi connectivity index (χ1) is 9.33. The summed E-state index contributed by atoms with van der Waals surface area (Å²) in [6.45, 7) is 0. The van der Waals surface area contributed by atoms with Crippen LogP contribution in [0, 0.1) is 0 Å². The van der Waals surface area contributed by atoms with Crippen LogP contribution in [-0.4, -0.2) is 19.7 Å². The molecule has 1 aromatic heterocycles. The second-order valence-corrected chi connectivity index (χ2v) is 6.65. The van der Waals surface area contributed by atoms with Crippen molar-refractivity contribution < 1.29 is 8.42 Å². The molecular weight excluding hydrogens is 321 g/mol. The Morgan fingerprint density at radius 2 is 1.90 bits per heavy atom. The molecule has 0 fully saturated rings. The van der Waals surface area contributed by atoms with Crippen molar-refractivity contribution in [3.63, 3.8) is 0 Å². The summed E-state index contributed by atoms with van der Waals surface area (Å²) in [7, 11) is -3.31. The maximum atomic E-state index is 11.1. The zero-order chi connectivity index (χ0) is 14.8. The lowest BCUT2D eigenvalue weighted by Crippen LogP contribution is -2.09. The van der Waals surface area contributed by atoms with Crippen molar-refractivity contribution >= 4 is 50.4 Å². The minimum absolute atomic E-state index is 0.384. The zero-order valence-corrected chi connectivity index (χ0v) is 12.7. The highest BCUT2D eigenvalue weighted by Crippen LogP contribution is 2.28. The highest BCUT2D eigenvalue weighted by atomic mass is 35.5. The van der Waals surface area contributed by atoms with Gasteiger partial charge in [-0.3, -0.25) is 4.72 Å². The Balaban J connectivity index is 2.17. The first kappa shape index (κ1) is 14.9. The van der Waals surface area contributed by atoms with E-state index < -0.39 is 10.0 Å². The highest BCUT2D eigenvalue weighted by Gasteiger charge is 2.05. The quantitative estimate of drug-likeness (QED) is 0.899. The Bertz CT molecular complexity index is 718. The molecule has 0 unspecified atom stereocenters. The lowest BCUT2D eigenvalue weighted by Gasteiger charge is -2.09. The SMILES string of the molecule is CS(=O)(=O)Nc1ccc(Nc2cc(Cl)ccc2Cl)nc1. The van der Waals surface area contributed by atoms with Crippen LogP contribution in [-0.2, 0) is 10.0 Å². The maximum Gasteiger partial charge on any atom is 0.229 e. The molecule has 0 aliphatic carbocycles. The molecule has 5 nitrogen and oxygen atoms in total. The first-order valence-corrected chi connectivity index (χ1v) is 8.14. The Hall–Kier alpha value is -1.50. The minimum Gasteiger partial charge on any atom is -0.339 e. The molecule has 0 spiro atoms. The van der Waals surface area contributed by atoms with E-state index in [4.69, 9.17) is 23.2 Å². The van der Waals surface area contributed by atoms with Gasteiger partial charge in [-0.25, -0.2) is 13.4 Å². The lowest BCUT2D eigenvalue weighted by molar-refractivity contribution is 0.607. The molecular formula is C12H11Cl2N3O2S. The molecule has 1 aromatic carbocycles. The number of aromatic nitrogens is 1. The number of anilines is 3. The number of nitrogens with zero attached hydrogens (tertiary/aromatic N) is 1. The van der Waals surface area contributed by atoms with E-state index in [2.05, 4.69) is 15.0 Å². The number of sulfonamides is 1. The normalized spacial score (nSPS) is 11.2. The van der Waals surface area contributed by atoms with E-state index in [1.165, 1.54) is 6.20 Å². The van der Waals surface area contributed by atoms with Crippen LogP contribution < -0.4 is 10.0 Å². The van der Waals surface area contributed by atoms with Crippen molar-refractivity contribution in [1.82, 2.24) is 4.98 Å². The Morgan fingerprint density at radius 3 is 2.50 bits per heavy atom. The number of rotatable bonds is 4. The molecule has 2 N–H and O–H groups in total. The van der Waals surface area contributed by atoms with Crippen molar-refractivity contribution in [2.45, 2.75) is 0 Å². The van der Waals surface area contributed by atoms with Crippen LogP contribution >= 0.6 is 23.2 Å². The lowest BCUT2D eigenvalue weighted by atomic mass is 10.3. The molecule has 0 atom stereocenters. The van der Waals surface area contributed by atoms with Gasteiger partial charge in [0.05, 0.1) is 28.9 Å². The summed E-state index contributed by atoms with van der Waals surface area (Å²) in [6, 6.07) is 8.25. The van der Waals surface area contributed by atoms with Crippen molar-refractivity contribution in [2.24, 2.45) is 0 Å². The Morgan fingerprint density at radius 1 is 1.15 bits per heavy atom. The molecule has 0 amide bonds. The molecule has 1 heterocycles. The van der Waals surface area contributed by atoms with Crippen molar-refractivity contribution in [3.05, 3.63) is 46.6 Å². The average Bonchev–Trinajstić information content (AvgIpc) is 2.34. The van der Waals surface area contributed by atoms with Crippen LogP contribution in [0.25, 0.3) is 0 Å². The van der Waals surface area contributed by atoms with Gasteiger partial charge in [0.25, 0.3) is 0 Å². The van der Waals surface area contributed by atoms with Crippen molar-refractivity contribution in [1.29, 1.82) is 0 Å². The second-order valence-electron chi connectivity index (χ2n) is 4.06. The van der Waals surface area contributed by atoms with Gasteiger partial charge in [0.15, 0.2) is 0 Å². The summed E-state index contributed by atoms with van der Waals surface area (Å²) < 4.78 is 24.5. The molecule has 106 valence electrons. The summed E-state index contributed by atoms with van der Waals surface area (Å²) in [5.74, 6) is 0.521. The average molecular weight is 332 g/mol. The predicted molar refractivity (Wildman–Crippen MR) is 82.4 cm³/mol. The van der Waals surface area contributed by atoms with Gasteiger partial charge >= 0.3 is 0 Å². The van der Waals surface area contributed by atoms with E-state index in [9.17, 15) is 8.42 Å². The molecule has 0 saturated heterocycles. The molecule has 0 aliphatic heterocycles.